The van der Waals surface area contributed by atoms with Crippen LogP contribution in [0.3, 0.4) is 0 Å². The van der Waals surface area contributed by atoms with E-state index in [1.165, 1.54) is 0 Å². The van der Waals surface area contributed by atoms with Crippen LogP contribution in [0, 0.1) is 0 Å². The van der Waals surface area contributed by atoms with Gasteiger partial charge in [0.2, 0.25) is 0 Å². The summed E-state index contributed by atoms with van der Waals surface area (Å²) >= 11 is 1.82. The molecule has 3 N–H and O–H groups in total. The van der Waals surface area contributed by atoms with Crippen molar-refractivity contribution in [1.82, 2.24) is 4.98 Å². The van der Waals surface area contributed by atoms with E-state index in [1.54, 1.807) is 6.20 Å². The van der Waals surface area contributed by atoms with Gasteiger partial charge in [-0.15, -0.1) is 0 Å². The predicted molar refractivity (Wildman–Crippen MR) is 63.8 cm³/mol. The summed E-state index contributed by atoms with van der Waals surface area (Å²) in [5.41, 5.74) is 6.12. The molecule has 0 radical (unpaired) electrons. The number of aliphatic hydroxyl groups is 1. The normalized spacial score (nSPS) is 30.7. The molecule has 1 aromatic rings. The Morgan fingerprint density at radius 1 is 1.73 bits per heavy atom. The Balaban J connectivity index is 2.18. The summed E-state index contributed by atoms with van der Waals surface area (Å²) in [7, 11) is 0. The molecule has 4 heteroatoms. The molecule has 2 unspecified atom stereocenters. The van der Waals surface area contributed by atoms with E-state index in [-0.39, 0.29) is 5.25 Å². The fraction of sp³-hybridized carbons (Fsp3) is 0.545. The van der Waals surface area contributed by atoms with Crippen molar-refractivity contribution in [2.45, 2.75) is 30.6 Å². The second-order valence-electron chi connectivity index (χ2n) is 4.09. The van der Waals surface area contributed by atoms with Gasteiger partial charge in [0.15, 0.2) is 0 Å². The molecule has 0 amide bonds. The summed E-state index contributed by atoms with van der Waals surface area (Å²) in [5, 5.41) is 10.7. The van der Waals surface area contributed by atoms with Crippen molar-refractivity contribution in [3.63, 3.8) is 0 Å². The maximum atomic E-state index is 10.4. The van der Waals surface area contributed by atoms with E-state index < -0.39 is 5.60 Å². The molecule has 3 nitrogen and oxygen atoms in total. The number of thioether (sulfide) groups is 1. The van der Waals surface area contributed by atoms with Crippen LogP contribution < -0.4 is 5.73 Å². The van der Waals surface area contributed by atoms with Gasteiger partial charge in [-0.3, -0.25) is 0 Å². The first-order valence-corrected chi connectivity index (χ1v) is 6.20. The minimum atomic E-state index is -0.609. The highest BCUT2D eigenvalue weighted by Gasteiger charge is 2.39. The Morgan fingerprint density at radius 3 is 3.13 bits per heavy atom. The van der Waals surface area contributed by atoms with Crippen molar-refractivity contribution in [2.75, 3.05) is 11.5 Å². The Morgan fingerprint density at radius 2 is 2.53 bits per heavy atom. The molecule has 2 heterocycles. The maximum absolute atomic E-state index is 10.4. The van der Waals surface area contributed by atoms with Gasteiger partial charge in [-0.2, -0.15) is 11.8 Å². The lowest BCUT2D eigenvalue weighted by atomic mass is 9.89. The summed E-state index contributed by atoms with van der Waals surface area (Å²) in [5.74, 6) is 1.56. The van der Waals surface area contributed by atoms with E-state index >= 15 is 0 Å². The van der Waals surface area contributed by atoms with Crippen molar-refractivity contribution in [1.29, 1.82) is 0 Å². The number of nitrogen functional groups attached to an aromatic ring is 1. The number of rotatable bonds is 2. The van der Waals surface area contributed by atoms with Gasteiger partial charge in [-0.25, -0.2) is 4.98 Å². The number of nitrogens with zero attached hydrogens (tertiary/aromatic N) is 1. The van der Waals surface area contributed by atoms with E-state index in [0.29, 0.717) is 12.2 Å². The number of nitrogens with two attached hydrogens (primary N) is 1. The minimum Gasteiger partial charge on any atom is -0.388 e. The average Bonchev–Trinajstić information content (AvgIpc) is 2.51. The van der Waals surface area contributed by atoms with Crippen LogP contribution in [0.1, 0.15) is 18.9 Å². The van der Waals surface area contributed by atoms with Gasteiger partial charge < -0.3 is 10.8 Å². The van der Waals surface area contributed by atoms with Crippen LogP contribution in [0.5, 0.6) is 0 Å². The zero-order valence-corrected chi connectivity index (χ0v) is 9.63. The van der Waals surface area contributed by atoms with E-state index in [2.05, 4.69) is 11.9 Å². The first-order chi connectivity index (χ1) is 7.12. The summed E-state index contributed by atoms with van der Waals surface area (Å²) in [6.45, 7) is 2.07. The second-order valence-corrected chi connectivity index (χ2v) is 5.54. The summed E-state index contributed by atoms with van der Waals surface area (Å²) in [6, 6.07) is 3.80. The number of hydrogen-bond donors (Lipinski definition) is 2. The molecule has 1 saturated heterocycles. The van der Waals surface area contributed by atoms with Gasteiger partial charge >= 0.3 is 0 Å². The van der Waals surface area contributed by atoms with Gasteiger partial charge in [0.1, 0.15) is 5.82 Å². The van der Waals surface area contributed by atoms with Crippen LogP contribution in [0.15, 0.2) is 18.3 Å². The van der Waals surface area contributed by atoms with Gasteiger partial charge in [-0.05, 0) is 23.8 Å². The summed E-state index contributed by atoms with van der Waals surface area (Å²) in [4.78, 5) is 4.04. The van der Waals surface area contributed by atoms with Crippen LogP contribution in [-0.2, 0) is 6.42 Å². The van der Waals surface area contributed by atoms with Crippen LogP contribution >= 0.6 is 11.8 Å². The summed E-state index contributed by atoms with van der Waals surface area (Å²) < 4.78 is 0. The molecule has 2 rings (SSSR count). The second kappa shape index (κ2) is 4.02. The van der Waals surface area contributed by atoms with Gasteiger partial charge in [0.05, 0.1) is 5.60 Å². The Kier molecular flexibility index (Phi) is 2.89. The highest BCUT2D eigenvalue weighted by atomic mass is 32.2. The number of anilines is 1. The topological polar surface area (TPSA) is 59.1 Å². The smallest absolute Gasteiger partial charge is 0.126 e. The molecule has 0 saturated carbocycles. The molecule has 0 bridgehead atoms. The largest absolute Gasteiger partial charge is 0.388 e. The average molecular weight is 224 g/mol. The van der Waals surface area contributed by atoms with Crippen molar-refractivity contribution in [2.24, 2.45) is 0 Å². The van der Waals surface area contributed by atoms with Crippen LogP contribution in [0.25, 0.3) is 0 Å². The molecule has 82 valence electrons. The van der Waals surface area contributed by atoms with E-state index in [1.807, 2.05) is 23.9 Å². The summed E-state index contributed by atoms with van der Waals surface area (Å²) in [6.07, 6.45) is 3.13. The molecule has 0 aliphatic carbocycles. The molecule has 0 spiro atoms. The van der Waals surface area contributed by atoms with Crippen LogP contribution in [0.4, 0.5) is 5.82 Å². The molecule has 1 aliphatic rings. The quantitative estimate of drug-likeness (QED) is 0.798. The lowest BCUT2D eigenvalue weighted by molar-refractivity contribution is 0.0465. The Bertz CT molecular complexity index is 358. The SMILES string of the molecule is CC1SCCC1(O)Cc1cccnc1N. The minimum absolute atomic E-state index is 0.275. The number of hydrogen-bond acceptors (Lipinski definition) is 4. The molecular formula is C11H16N2OS. The van der Waals surface area contributed by atoms with Gasteiger partial charge in [0.25, 0.3) is 0 Å². The first-order valence-electron chi connectivity index (χ1n) is 5.15. The van der Waals surface area contributed by atoms with Crippen molar-refractivity contribution < 1.29 is 5.11 Å². The number of pyridine rings is 1. The Labute approximate surface area is 94.1 Å². The predicted octanol–water partition coefficient (Wildman–Crippen LogP) is 1.46. The van der Waals surface area contributed by atoms with Gasteiger partial charge in [-0.1, -0.05) is 13.0 Å². The van der Waals surface area contributed by atoms with E-state index in [9.17, 15) is 5.11 Å². The highest BCUT2D eigenvalue weighted by Crippen LogP contribution is 2.38. The molecule has 1 aromatic heterocycles. The van der Waals surface area contributed by atoms with Crippen LogP contribution in [-0.4, -0.2) is 26.7 Å². The van der Waals surface area contributed by atoms with Crippen molar-refractivity contribution >= 4 is 17.6 Å². The lowest BCUT2D eigenvalue weighted by Gasteiger charge is -2.27. The third-order valence-electron chi connectivity index (χ3n) is 3.08. The monoisotopic (exact) mass is 224 g/mol. The Hall–Kier alpha value is -0.740. The fourth-order valence-electron chi connectivity index (χ4n) is 1.93. The van der Waals surface area contributed by atoms with E-state index in [4.69, 9.17) is 5.73 Å². The first kappa shape index (κ1) is 10.8. The highest BCUT2D eigenvalue weighted by molar-refractivity contribution is 8.00. The molecule has 1 fully saturated rings. The number of aromatic nitrogens is 1. The molecule has 1 aliphatic heterocycles. The third kappa shape index (κ3) is 2.11. The third-order valence-corrected chi connectivity index (χ3v) is 4.46. The molecular weight excluding hydrogens is 208 g/mol. The lowest BCUT2D eigenvalue weighted by Crippen LogP contribution is -2.37. The van der Waals surface area contributed by atoms with Crippen molar-refractivity contribution in [3.8, 4) is 0 Å². The fourth-order valence-corrected chi connectivity index (χ4v) is 3.27. The van der Waals surface area contributed by atoms with Gasteiger partial charge in [0, 0.05) is 17.9 Å². The molecule has 2 atom stereocenters. The van der Waals surface area contributed by atoms with Crippen molar-refractivity contribution in [3.05, 3.63) is 23.9 Å². The van der Waals surface area contributed by atoms with Crippen LogP contribution in [0.2, 0.25) is 0 Å². The zero-order chi connectivity index (χ0) is 10.9. The standard InChI is InChI=1S/C11H16N2OS/c1-8-11(14,4-6-15-8)7-9-3-2-5-13-10(9)12/h2-3,5,8,14H,4,6-7H2,1H3,(H2,12,13). The molecule has 0 aromatic carbocycles. The maximum Gasteiger partial charge on any atom is 0.126 e. The molecule has 15 heavy (non-hydrogen) atoms. The zero-order valence-electron chi connectivity index (χ0n) is 8.81. The van der Waals surface area contributed by atoms with E-state index in [0.717, 1.165) is 17.7 Å².